The number of para-hydroxylation sites is 1. The van der Waals surface area contributed by atoms with Crippen LogP contribution in [0.25, 0.3) is 5.57 Å². The van der Waals surface area contributed by atoms with Crippen molar-refractivity contribution in [3.05, 3.63) is 70.0 Å². The van der Waals surface area contributed by atoms with E-state index < -0.39 is 5.91 Å². The van der Waals surface area contributed by atoms with E-state index in [0.717, 1.165) is 5.56 Å². The second-order valence-electron chi connectivity index (χ2n) is 7.00. The molecule has 0 saturated carbocycles. The van der Waals surface area contributed by atoms with E-state index in [1.54, 1.807) is 24.3 Å². The Morgan fingerprint density at radius 2 is 1.56 bits per heavy atom. The van der Waals surface area contributed by atoms with Gasteiger partial charge in [0, 0.05) is 22.7 Å². The van der Waals surface area contributed by atoms with E-state index in [1.165, 1.54) is 37.6 Å². The summed E-state index contributed by atoms with van der Waals surface area (Å²) < 4.78 is 16.2. The van der Waals surface area contributed by atoms with Gasteiger partial charge in [-0.25, -0.2) is 4.90 Å². The van der Waals surface area contributed by atoms with Gasteiger partial charge < -0.3 is 19.5 Å². The lowest BCUT2D eigenvalue weighted by atomic mass is 10.1. The van der Waals surface area contributed by atoms with Crippen LogP contribution in [0.5, 0.6) is 17.2 Å². The molecule has 0 spiro atoms. The van der Waals surface area contributed by atoms with Gasteiger partial charge in [0.25, 0.3) is 11.8 Å². The minimum Gasteiger partial charge on any atom is -0.493 e. The molecule has 0 aliphatic carbocycles. The number of imide groups is 1. The lowest BCUT2D eigenvalue weighted by Gasteiger charge is -2.18. The quantitative estimate of drug-likeness (QED) is 0.535. The Bertz CT molecular complexity index is 1190. The van der Waals surface area contributed by atoms with Gasteiger partial charge in [-0.05, 0) is 30.0 Å². The number of carbonyl (C=O) groups is 2. The maximum atomic E-state index is 13.5. The van der Waals surface area contributed by atoms with Crippen LogP contribution >= 0.6 is 11.3 Å². The standard InChI is InChI=1S/C24H22N2O5S/c1-14-8-5-6-9-16(14)26-23(27)20(19-10-7-11-32-19)21(24(26)28)25-15-12-17(29-2)22(31-4)18(13-15)30-3/h5-13,25H,1-4H3. The molecule has 32 heavy (non-hydrogen) atoms. The van der Waals surface area contributed by atoms with E-state index in [2.05, 4.69) is 5.32 Å². The lowest BCUT2D eigenvalue weighted by molar-refractivity contribution is -0.120. The van der Waals surface area contributed by atoms with Gasteiger partial charge >= 0.3 is 0 Å². The zero-order chi connectivity index (χ0) is 22.8. The Morgan fingerprint density at radius 1 is 0.875 bits per heavy atom. The molecule has 7 nitrogen and oxygen atoms in total. The number of nitrogens with zero attached hydrogens (tertiary/aromatic N) is 1. The summed E-state index contributed by atoms with van der Waals surface area (Å²) in [4.78, 5) is 28.9. The number of hydrogen-bond acceptors (Lipinski definition) is 7. The summed E-state index contributed by atoms with van der Waals surface area (Å²) >= 11 is 1.40. The van der Waals surface area contributed by atoms with Gasteiger partial charge in [-0.1, -0.05) is 24.3 Å². The number of benzene rings is 2. The van der Waals surface area contributed by atoms with Crippen LogP contribution in [-0.2, 0) is 9.59 Å². The largest absolute Gasteiger partial charge is 0.493 e. The Morgan fingerprint density at radius 3 is 2.12 bits per heavy atom. The fourth-order valence-corrected chi connectivity index (χ4v) is 4.39. The molecule has 0 radical (unpaired) electrons. The van der Waals surface area contributed by atoms with Crippen molar-refractivity contribution in [3.63, 3.8) is 0 Å². The summed E-state index contributed by atoms with van der Waals surface area (Å²) in [5.74, 6) is 0.492. The van der Waals surface area contributed by atoms with Gasteiger partial charge in [0.1, 0.15) is 5.70 Å². The molecule has 2 amide bonds. The maximum absolute atomic E-state index is 13.5. The second-order valence-corrected chi connectivity index (χ2v) is 7.95. The summed E-state index contributed by atoms with van der Waals surface area (Å²) in [5, 5.41) is 5.01. The van der Waals surface area contributed by atoms with Crippen molar-refractivity contribution < 1.29 is 23.8 Å². The predicted molar refractivity (Wildman–Crippen MR) is 125 cm³/mol. The average molecular weight is 451 g/mol. The van der Waals surface area contributed by atoms with E-state index in [4.69, 9.17) is 14.2 Å². The molecule has 0 saturated heterocycles. The third-order valence-corrected chi connectivity index (χ3v) is 6.03. The molecular weight excluding hydrogens is 428 g/mol. The molecule has 0 unspecified atom stereocenters. The van der Waals surface area contributed by atoms with Gasteiger partial charge in [-0.3, -0.25) is 9.59 Å². The zero-order valence-electron chi connectivity index (χ0n) is 18.1. The molecule has 3 aromatic rings. The zero-order valence-corrected chi connectivity index (χ0v) is 18.9. The summed E-state index contributed by atoms with van der Waals surface area (Å²) in [6, 6.07) is 14.3. The number of aryl methyl sites for hydroxylation is 1. The number of anilines is 2. The molecule has 2 aromatic carbocycles. The monoisotopic (exact) mass is 450 g/mol. The van der Waals surface area contributed by atoms with Gasteiger partial charge in [-0.15, -0.1) is 11.3 Å². The molecule has 4 rings (SSSR count). The fraction of sp³-hybridized carbons (Fsp3) is 0.167. The summed E-state index contributed by atoms with van der Waals surface area (Å²) in [7, 11) is 4.55. The first kappa shape index (κ1) is 21.5. The highest BCUT2D eigenvalue weighted by atomic mass is 32.1. The smallest absolute Gasteiger partial charge is 0.282 e. The van der Waals surface area contributed by atoms with Crippen molar-refractivity contribution in [2.24, 2.45) is 0 Å². The van der Waals surface area contributed by atoms with Gasteiger partial charge in [0.05, 0.1) is 32.6 Å². The van der Waals surface area contributed by atoms with Crippen molar-refractivity contribution in [2.75, 3.05) is 31.5 Å². The van der Waals surface area contributed by atoms with Crippen molar-refractivity contribution in [2.45, 2.75) is 6.92 Å². The number of thiophene rings is 1. The summed E-state index contributed by atoms with van der Waals surface area (Å²) in [6.45, 7) is 1.87. The summed E-state index contributed by atoms with van der Waals surface area (Å²) in [5.41, 5.74) is 2.42. The third kappa shape index (κ3) is 3.58. The highest BCUT2D eigenvalue weighted by Gasteiger charge is 2.41. The Balaban J connectivity index is 1.83. The number of rotatable bonds is 7. The second kappa shape index (κ2) is 8.76. The van der Waals surface area contributed by atoms with E-state index in [1.807, 2.05) is 36.6 Å². The summed E-state index contributed by atoms with van der Waals surface area (Å²) in [6.07, 6.45) is 0. The third-order valence-electron chi connectivity index (χ3n) is 5.14. The maximum Gasteiger partial charge on any atom is 0.282 e. The molecule has 1 aliphatic heterocycles. The molecule has 1 aromatic heterocycles. The van der Waals surface area contributed by atoms with Crippen molar-refractivity contribution in [3.8, 4) is 17.2 Å². The Labute approximate surface area is 189 Å². The number of hydrogen-bond donors (Lipinski definition) is 1. The molecule has 0 fully saturated rings. The first-order chi connectivity index (χ1) is 15.5. The van der Waals surface area contributed by atoms with Crippen LogP contribution in [0.3, 0.4) is 0 Å². The molecular formula is C24H22N2O5S. The number of methoxy groups -OCH3 is 3. The minimum atomic E-state index is -0.429. The van der Waals surface area contributed by atoms with Gasteiger partial charge in [-0.2, -0.15) is 0 Å². The Hall–Kier alpha value is -3.78. The van der Waals surface area contributed by atoms with Crippen LogP contribution in [0.15, 0.2) is 59.6 Å². The van der Waals surface area contributed by atoms with Crippen LogP contribution in [0.2, 0.25) is 0 Å². The number of amides is 2. The highest BCUT2D eigenvalue weighted by molar-refractivity contribution is 7.11. The van der Waals surface area contributed by atoms with Crippen LogP contribution < -0.4 is 24.4 Å². The van der Waals surface area contributed by atoms with E-state index in [-0.39, 0.29) is 11.6 Å². The topological polar surface area (TPSA) is 77.1 Å². The van der Waals surface area contributed by atoms with E-state index in [0.29, 0.717) is 39.1 Å². The first-order valence-corrected chi connectivity index (χ1v) is 10.7. The SMILES string of the molecule is COc1cc(NC2=C(c3cccs3)C(=O)N(c3ccccc3C)C2=O)cc(OC)c1OC. The van der Waals surface area contributed by atoms with Gasteiger partial charge in [0.15, 0.2) is 11.5 Å². The molecule has 1 N–H and O–H groups in total. The van der Waals surface area contributed by atoms with Crippen LogP contribution in [-0.4, -0.2) is 33.1 Å². The number of ether oxygens (including phenoxy) is 3. The highest BCUT2D eigenvalue weighted by Crippen LogP contribution is 2.42. The Kier molecular flexibility index (Phi) is 5.87. The molecule has 0 bridgehead atoms. The van der Waals surface area contributed by atoms with E-state index in [9.17, 15) is 9.59 Å². The molecule has 2 heterocycles. The van der Waals surface area contributed by atoms with Gasteiger partial charge in [0.2, 0.25) is 5.75 Å². The molecule has 164 valence electrons. The number of carbonyl (C=O) groups excluding carboxylic acids is 2. The average Bonchev–Trinajstić information content (AvgIpc) is 3.40. The lowest BCUT2D eigenvalue weighted by Crippen LogP contribution is -2.32. The van der Waals surface area contributed by atoms with Crippen LogP contribution in [0.4, 0.5) is 11.4 Å². The van der Waals surface area contributed by atoms with Crippen molar-refractivity contribution in [1.82, 2.24) is 0 Å². The molecule has 1 aliphatic rings. The number of nitrogens with one attached hydrogen (secondary N) is 1. The van der Waals surface area contributed by atoms with Crippen molar-refractivity contribution >= 4 is 40.1 Å². The predicted octanol–water partition coefficient (Wildman–Crippen LogP) is 4.48. The molecule has 8 heteroatoms. The first-order valence-electron chi connectivity index (χ1n) is 9.79. The molecule has 0 atom stereocenters. The van der Waals surface area contributed by atoms with E-state index >= 15 is 0 Å². The van der Waals surface area contributed by atoms with Crippen LogP contribution in [0, 0.1) is 6.92 Å². The fourth-order valence-electron chi connectivity index (χ4n) is 3.63. The van der Waals surface area contributed by atoms with Crippen molar-refractivity contribution in [1.29, 1.82) is 0 Å². The van der Waals surface area contributed by atoms with Crippen LogP contribution in [0.1, 0.15) is 10.4 Å². The minimum absolute atomic E-state index is 0.190. The normalized spacial score (nSPS) is 13.6.